The Bertz CT molecular complexity index is 924. The molecule has 2 amide bonds. The minimum absolute atomic E-state index is 0.0534. The molecule has 0 fully saturated rings. The first-order valence-electron chi connectivity index (χ1n) is 9.38. The van der Waals surface area contributed by atoms with E-state index in [1.807, 2.05) is 26.0 Å². The van der Waals surface area contributed by atoms with Gasteiger partial charge in [-0.2, -0.15) is 0 Å². The van der Waals surface area contributed by atoms with Crippen LogP contribution in [0.2, 0.25) is 5.02 Å². The van der Waals surface area contributed by atoms with Gasteiger partial charge in [-0.1, -0.05) is 37.6 Å². The average Bonchev–Trinajstić information content (AvgIpc) is 3.08. The molecule has 2 aromatic rings. The predicted molar refractivity (Wildman–Crippen MR) is 111 cm³/mol. The first kappa shape index (κ1) is 20.1. The molecule has 0 atom stereocenters. The van der Waals surface area contributed by atoms with E-state index in [-0.39, 0.29) is 36.4 Å². The lowest BCUT2D eigenvalue weighted by molar-refractivity contribution is -0.121. The van der Waals surface area contributed by atoms with Gasteiger partial charge in [0, 0.05) is 47.3 Å². The Labute approximate surface area is 169 Å². The summed E-state index contributed by atoms with van der Waals surface area (Å²) in [5, 5.41) is 3.33. The van der Waals surface area contributed by atoms with Gasteiger partial charge in [0.1, 0.15) is 0 Å². The van der Waals surface area contributed by atoms with Crippen molar-refractivity contribution in [1.82, 2.24) is 0 Å². The molecule has 6 heteroatoms. The minimum Gasteiger partial charge on any atom is -0.326 e. The molecule has 3 rings (SSSR count). The molecule has 0 saturated heterocycles. The van der Waals surface area contributed by atoms with Crippen LogP contribution < -0.4 is 10.2 Å². The van der Waals surface area contributed by atoms with Gasteiger partial charge in [0.2, 0.25) is 11.8 Å². The van der Waals surface area contributed by atoms with E-state index >= 15 is 0 Å². The Morgan fingerprint density at radius 3 is 2.61 bits per heavy atom. The molecule has 0 saturated carbocycles. The second kappa shape index (κ2) is 8.57. The first-order chi connectivity index (χ1) is 13.3. The van der Waals surface area contributed by atoms with Gasteiger partial charge in [0.25, 0.3) is 0 Å². The molecule has 1 aliphatic heterocycles. The van der Waals surface area contributed by atoms with E-state index in [0.717, 1.165) is 17.7 Å². The minimum atomic E-state index is -0.219. The third-order valence-corrected chi connectivity index (χ3v) is 4.98. The second-order valence-electron chi connectivity index (χ2n) is 7.22. The predicted octanol–water partition coefficient (Wildman–Crippen LogP) is 4.49. The number of halogens is 1. The number of carbonyl (C=O) groups excluding carboxylic acids is 3. The van der Waals surface area contributed by atoms with Gasteiger partial charge < -0.3 is 10.2 Å². The summed E-state index contributed by atoms with van der Waals surface area (Å²) in [6, 6.07) is 12.3. The van der Waals surface area contributed by atoms with E-state index in [4.69, 9.17) is 11.6 Å². The number of hydrogen-bond acceptors (Lipinski definition) is 3. The van der Waals surface area contributed by atoms with Crippen LogP contribution in [0.25, 0.3) is 0 Å². The van der Waals surface area contributed by atoms with Crippen LogP contribution >= 0.6 is 11.6 Å². The van der Waals surface area contributed by atoms with Crippen molar-refractivity contribution in [3.63, 3.8) is 0 Å². The second-order valence-corrected chi connectivity index (χ2v) is 7.66. The Balaban J connectivity index is 1.58. The molecule has 1 heterocycles. The Morgan fingerprint density at radius 2 is 1.89 bits per heavy atom. The summed E-state index contributed by atoms with van der Waals surface area (Å²) in [6.45, 7) is 4.44. The lowest BCUT2D eigenvalue weighted by Gasteiger charge is -2.19. The van der Waals surface area contributed by atoms with Gasteiger partial charge in [-0.3, -0.25) is 14.4 Å². The molecule has 28 heavy (non-hydrogen) atoms. The summed E-state index contributed by atoms with van der Waals surface area (Å²) in [7, 11) is 0. The number of hydrogen-bond donors (Lipinski definition) is 1. The van der Waals surface area contributed by atoms with E-state index < -0.39 is 0 Å². The highest BCUT2D eigenvalue weighted by Gasteiger charge is 2.26. The maximum Gasteiger partial charge on any atom is 0.229 e. The van der Waals surface area contributed by atoms with Gasteiger partial charge >= 0.3 is 0 Å². The number of ketones is 1. The van der Waals surface area contributed by atoms with E-state index in [0.29, 0.717) is 22.8 Å². The molecule has 0 unspecified atom stereocenters. The van der Waals surface area contributed by atoms with Crippen molar-refractivity contribution in [3.8, 4) is 0 Å². The van der Waals surface area contributed by atoms with Crippen molar-refractivity contribution in [2.24, 2.45) is 5.92 Å². The van der Waals surface area contributed by atoms with Crippen LogP contribution in [0.1, 0.15) is 42.6 Å². The maximum absolute atomic E-state index is 12.3. The number of anilines is 2. The van der Waals surface area contributed by atoms with E-state index in [1.165, 1.54) is 0 Å². The molecular formula is C22H23ClN2O3. The molecule has 0 aromatic heterocycles. The van der Waals surface area contributed by atoms with Crippen LogP contribution in [-0.4, -0.2) is 24.1 Å². The number of benzene rings is 2. The number of nitrogens with zero attached hydrogens (tertiary/aromatic N) is 1. The molecule has 0 bridgehead atoms. The zero-order valence-corrected chi connectivity index (χ0v) is 16.8. The third kappa shape index (κ3) is 4.60. The molecular weight excluding hydrogens is 376 g/mol. The van der Waals surface area contributed by atoms with E-state index in [1.54, 1.807) is 35.2 Å². The number of Topliss-reactive ketones (excluding diaryl/α,β-unsaturated/α-hetero) is 1. The fourth-order valence-corrected chi connectivity index (χ4v) is 3.47. The van der Waals surface area contributed by atoms with Gasteiger partial charge in [0.05, 0.1) is 0 Å². The maximum atomic E-state index is 12.3. The highest BCUT2D eigenvalue weighted by atomic mass is 35.5. The number of fused-ring (bicyclic) bond motifs is 1. The zero-order chi connectivity index (χ0) is 20.3. The highest BCUT2D eigenvalue weighted by molar-refractivity contribution is 6.31. The Kier molecular flexibility index (Phi) is 6.15. The summed E-state index contributed by atoms with van der Waals surface area (Å²) in [4.78, 5) is 38.5. The largest absolute Gasteiger partial charge is 0.326 e. The SMILES string of the molecule is CC(C)C(=O)N1CCc2cc(NC(=O)CCC(=O)c3cccc(Cl)c3)ccc21. The summed E-state index contributed by atoms with van der Waals surface area (Å²) >= 11 is 5.90. The van der Waals surface area contributed by atoms with Crippen molar-refractivity contribution < 1.29 is 14.4 Å². The smallest absolute Gasteiger partial charge is 0.229 e. The number of rotatable bonds is 6. The highest BCUT2D eigenvalue weighted by Crippen LogP contribution is 2.31. The van der Waals surface area contributed by atoms with Crippen LogP contribution in [0.3, 0.4) is 0 Å². The molecule has 0 spiro atoms. The molecule has 1 aliphatic rings. The van der Waals surface area contributed by atoms with Crippen molar-refractivity contribution >= 4 is 40.6 Å². The van der Waals surface area contributed by atoms with E-state index in [9.17, 15) is 14.4 Å². The topological polar surface area (TPSA) is 66.5 Å². The summed E-state index contributed by atoms with van der Waals surface area (Å²) in [6.07, 6.45) is 0.985. The van der Waals surface area contributed by atoms with Crippen molar-refractivity contribution in [2.75, 3.05) is 16.8 Å². The molecule has 0 radical (unpaired) electrons. The summed E-state index contributed by atoms with van der Waals surface area (Å²) in [5.74, 6) is -0.282. The van der Waals surface area contributed by atoms with Crippen LogP contribution in [0.15, 0.2) is 42.5 Å². The fraction of sp³-hybridized carbons (Fsp3) is 0.318. The van der Waals surface area contributed by atoms with Gasteiger partial charge in [0.15, 0.2) is 5.78 Å². The normalized spacial score (nSPS) is 12.8. The summed E-state index contributed by atoms with van der Waals surface area (Å²) in [5.41, 5.74) is 3.14. The van der Waals surface area contributed by atoms with Crippen LogP contribution in [0, 0.1) is 5.92 Å². The molecule has 1 N–H and O–H groups in total. The Hall–Kier alpha value is -2.66. The lowest BCUT2D eigenvalue weighted by atomic mass is 10.1. The number of carbonyl (C=O) groups is 3. The van der Waals surface area contributed by atoms with Crippen LogP contribution in [0.4, 0.5) is 11.4 Å². The monoisotopic (exact) mass is 398 g/mol. The van der Waals surface area contributed by atoms with Crippen molar-refractivity contribution in [3.05, 3.63) is 58.6 Å². The van der Waals surface area contributed by atoms with Crippen LogP contribution in [0.5, 0.6) is 0 Å². The molecule has 146 valence electrons. The lowest BCUT2D eigenvalue weighted by Crippen LogP contribution is -2.32. The van der Waals surface area contributed by atoms with Gasteiger partial charge in [-0.05, 0) is 42.3 Å². The Morgan fingerprint density at radius 1 is 1.11 bits per heavy atom. The molecule has 5 nitrogen and oxygen atoms in total. The number of amides is 2. The third-order valence-electron chi connectivity index (χ3n) is 4.74. The van der Waals surface area contributed by atoms with Gasteiger partial charge in [-0.25, -0.2) is 0 Å². The standard InChI is InChI=1S/C22H23ClN2O3/c1-14(2)22(28)25-11-10-15-13-18(6-7-19(15)25)24-21(27)9-8-20(26)16-4-3-5-17(23)12-16/h3-7,12-14H,8-11H2,1-2H3,(H,24,27). The van der Waals surface area contributed by atoms with Crippen molar-refractivity contribution in [2.45, 2.75) is 33.1 Å². The zero-order valence-electron chi connectivity index (χ0n) is 16.0. The fourth-order valence-electron chi connectivity index (χ4n) is 3.28. The molecule has 0 aliphatic carbocycles. The average molecular weight is 399 g/mol. The number of nitrogens with one attached hydrogen (secondary N) is 1. The van der Waals surface area contributed by atoms with Crippen LogP contribution in [-0.2, 0) is 16.0 Å². The van der Waals surface area contributed by atoms with Crippen molar-refractivity contribution in [1.29, 1.82) is 0 Å². The summed E-state index contributed by atoms with van der Waals surface area (Å²) < 4.78 is 0. The molecule has 2 aromatic carbocycles. The first-order valence-corrected chi connectivity index (χ1v) is 9.76. The van der Waals surface area contributed by atoms with Gasteiger partial charge in [-0.15, -0.1) is 0 Å². The quantitative estimate of drug-likeness (QED) is 0.729. The van der Waals surface area contributed by atoms with E-state index in [2.05, 4.69) is 5.32 Å².